The van der Waals surface area contributed by atoms with Crippen LogP contribution in [0.25, 0.3) is 0 Å². The highest BCUT2D eigenvalue weighted by Gasteiger charge is 2.16. The Morgan fingerprint density at radius 1 is 1.39 bits per heavy atom. The lowest BCUT2D eigenvalue weighted by molar-refractivity contribution is 0.101. The fraction of sp³-hybridized carbons (Fsp3) is 0.625. The zero-order chi connectivity index (χ0) is 13.0. The first-order chi connectivity index (χ1) is 8.65. The Hall–Kier alpha value is -0.860. The normalized spacial score (nSPS) is 21.2. The molecule has 1 heterocycles. The molecule has 2 unspecified atom stereocenters. The Labute approximate surface area is 111 Å². The first-order valence-corrected chi connectivity index (χ1v) is 7.08. The van der Waals surface area contributed by atoms with Crippen LogP contribution in [0.1, 0.15) is 42.4 Å². The lowest BCUT2D eigenvalue weighted by Gasteiger charge is -2.16. The van der Waals surface area contributed by atoms with Crippen LogP contribution in [0.3, 0.4) is 0 Å². The van der Waals surface area contributed by atoms with Crippen LogP contribution >= 0.6 is 0 Å². The van der Waals surface area contributed by atoms with Crippen LogP contribution in [0.5, 0.6) is 0 Å². The topological polar surface area (TPSA) is 35.2 Å². The minimum atomic E-state index is 0.259. The summed E-state index contributed by atoms with van der Waals surface area (Å²) in [6.07, 6.45) is 6.08. The maximum Gasteiger partial charge on any atom is 0.0576 e. The van der Waals surface area contributed by atoms with Gasteiger partial charge in [0.2, 0.25) is 0 Å². The molecule has 1 fully saturated rings. The van der Waals surface area contributed by atoms with E-state index >= 15 is 0 Å². The standard InChI is InChI=1S/C16H25NO/c1-12-5-6-13(2)14(10-12)11-15(17)7-8-16-4-3-9-18-16/h5-6,10,15-16H,3-4,7-9,11,17H2,1-2H3. The largest absolute Gasteiger partial charge is 0.378 e. The van der Waals surface area contributed by atoms with Gasteiger partial charge in [-0.2, -0.15) is 0 Å². The van der Waals surface area contributed by atoms with Crippen molar-refractivity contribution in [2.75, 3.05) is 6.61 Å². The fourth-order valence-electron chi connectivity index (χ4n) is 2.68. The average Bonchev–Trinajstić information content (AvgIpc) is 2.84. The lowest BCUT2D eigenvalue weighted by atomic mass is 9.96. The van der Waals surface area contributed by atoms with Crippen LogP contribution in [0.4, 0.5) is 0 Å². The van der Waals surface area contributed by atoms with Gasteiger partial charge in [-0.15, -0.1) is 0 Å². The Kier molecular flexibility index (Phi) is 4.79. The number of aryl methyl sites for hydroxylation is 2. The number of nitrogens with two attached hydrogens (primary N) is 1. The molecular formula is C16H25NO. The van der Waals surface area contributed by atoms with Crippen LogP contribution in [-0.4, -0.2) is 18.8 Å². The van der Waals surface area contributed by atoms with Crippen molar-refractivity contribution >= 4 is 0 Å². The van der Waals surface area contributed by atoms with E-state index in [1.165, 1.54) is 29.5 Å². The van der Waals surface area contributed by atoms with E-state index in [9.17, 15) is 0 Å². The van der Waals surface area contributed by atoms with E-state index in [-0.39, 0.29) is 6.04 Å². The summed E-state index contributed by atoms with van der Waals surface area (Å²) in [5, 5.41) is 0. The first kappa shape index (κ1) is 13.6. The molecule has 2 nitrogen and oxygen atoms in total. The summed E-state index contributed by atoms with van der Waals surface area (Å²) < 4.78 is 5.64. The molecule has 1 saturated heterocycles. The van der Waals surface area contributed by atoms with Crippen molar-refractivity contribution in [2.45, 2.75) is 58.1 Å². The van der Waals surface area contributed by atoms with Gasteiger partial charge in [0, 0.05) is 12.6 Å². The van der Waals surface area contributed by atoms with Gasteiger partial charge >= 0.3 is 0 Å². The molecular weight excluding hydrogens is 222 g/mol. The van der Waals surface area contributed by atoms with E-state index in [0.29, 0.717) is 6.10 Å². The second-order valence-electron chi connectivity index (χ2n) is 5.61. The van der Waals surface area contributed by atoms with Crippen molar-refractivity contribution < 1.29 is 4.74 Å². The predicted molar refractivity (Wildman–Crippen MR) is 75.8 cm³/mol. The van der Waals surface area contributed by atoms with Gasteiger partial charge in [-0.25, -0.2) is 0 Å². The number of rotatable bonds is 5. The van der Waals surface area contributed by atoms with Crippen molar-refractivity contribution in [3.05, 3.63) is 34.9 Å². The molecule has 1 aromatic carbocycles. The van der Waals surface area contributed by atoms with Gasteiger partial charge in [-0.3, -0.25) is 0 Å². The molecule has 0 amide bonds. The third-order valence-electron chi connectivity index (χ3n) is 3.87. The highest BCUT2D eigenvalue weighted by molar-refractivity contribution is 5.31. The van der Waals surface area contributed by atoms with Crippen molar-refractivity contribution in [3.63, 3.8) is 0 Å². The first-order valence-electron chi connectivity index (χ1n) is 7.08. The minimum Gasteiger partial charge on any atom is -0.378 e. The maximum absolute atomic E-state index is 6.25. The van der Waals surface area contributed by atoms with Gasteiger partial charge in [0.05, 0.1) is 6.10 Å². The molecule has 0 radical (unpaired) electrons. The van der Waals surface area contributed by atoms with E-state index < -0.39 is 0 Å². The van der Waals surface area contributed by atoms with Crippen molar-refractivity contribution in [3.8, 4) is 0 Å². The minimum absolute atomic E-state index is 0.259. The van der Waals surface area contributed by atoms with Crippen LogP contribution in [0, 0.1) is 13.8 Å². The smallest absolute Gasteiger partial charge is 0.0576 e. The van der Waals surface area contributed by atoms with Crippen LogP contribution < -0.4 is 5.73 Å². The van der Waals surface area contributed by atoms with Gasteiger partial charge in [0.15, 0.2) is 0 Å². The summed E-state index contributed by atoms with van der Waals surface area (Å²) in [7, 11) is 0. The number of benzene rings is 1. The third-order valence-corrected chi connectivity index (χ3v) is 3.87. The van der Waals surface area contributed by atoms with E-state index in [0.717, 1.165) is 25.9 Å². The summed E-state index contributed by atoms with van der Waals surface area (Å²) in [5.41, 5.74) is 10.3. The zero-order valence-corrected chi connectivity index (χ0v) is 11.6. The summed E-state index contributed by atoms with van der Waals surface area (Å²) in [6.45, 7) is 5.25. The van der Waals surface area contributed by atoms with Gasteiger partial charge in [-0.05, 0) is 57.1 Å². The fourth-order valence-corrected chi connectivity index (χ4v) is 2.68. The van der Waals surface area contributed by atoms with Gasteiger partial charge < -0.3 is 10.5 Å². The van der Waals surface area contributed by atoms with Crippen LogP contribution in [0.2, 0.25) is 0 Å². The van der Waals surface area contributed by atoms with E-state index in [4.69, 9.17) is 10.5 Å². The number of hydrogen-bond acceptors (Lipinski definition) is 2. The van der Waals surface area contributed by atoms with Crippen molar-refractivity contribution in [1.82, 2.24) is 0 Å². The molecule has 18 heavy (non-hydrogen) atoms. The SMILES string of the molecule is Cc1ccc(C)c(CC(N)CCC2CCCO2)c1. The second kappa shape index (κ2) is 6.35. The predicted octanol–water partition coefficient (Wildman–Crippen LogP) is 3.13. The molecule has 2 N–H and O–H groups in total. The molecule has 1 aromatic rings. The molecule has 0 spiro atoms. The number of hydrogen-bond donors (Lipinski definition) is 1. The molecule has 2 atom stereocenters. The van der Waals surface area contributed by atoms with E-state index in [2.05, 4.69) is 32.0 Å². The van der Waals surface area contributed by atoms with E-state index in [1.54, 1.807) is 0 Å². The zero-order valence-electron chi connectivity index (χ0n) is 11.6. The van der Waals surface area contributed by atoms with Crippen LogP contribution in [-0.2, 0) is 11.2 Å². The monoisotopic (exact) mass is 247 g/mol. The summed E-state index contributed by atoms with van der Waals surface area (Å²) in [5.74, 6) is 0. The third kappa shape index (κ3) is 3.82. The summed E-state index contributed by atoms with van der Waals surface area (Å²) in [6, 6.07) is 6.88. The molecule has 2 rings (SSSR count). The molecule has 0 aliphatic carbocycles. The molecule has 0 bridgehead atoms. The van der Waals surface area contributed by atoms with Gasteiger partial charge in [0.1, 0.15) is 0 Å². The molecule has 1 aliphatic heterocycles. The molecule has 0 saturated carbocycles. The average molecular weight is 247 g/mol. The van der Waals surface area contributed by atoms with Crippen molar-refractivity contribution in [2.24, 2.45) is 5.73 Å². The summed E-state index contributed by atoms with van der Waals surface area (Å²) in [4.78, 5) is 0. The Balaban J connectivity index is 1.82. The Morgan fingerprint density at radius 2 is 2.22 bits per heavy atom. The molecule has 100 valence electrons. The highest BCUT2D eigenvalue weighted by Crippen LogP contribution is 2.19. The second-order valence-corrected chi connectivity index (χ2v) is 5.61. The van der Waals surface area contributed by atoms with Gasteiger partial charge in [0.25, 0.3) is 0 Å². The van der Waals surface area contributed by atoms with E-state index in [1.807, 2.05) is 0 Å². The maximum atomic E-state index is 6.25. The molecule has 1 aliphatic rings. The lowest BCUT2D eigenvalue weighted by Crippen LogP contribution is -2.25. The Bertz CT molecular complexity index is 383. The summed E-state index contributed by atoms with van der Waals surface area (Å²) >= 11 is 0. The van der Waals surface area contributed by atoms with Gasteiger partial charge in [-0.1, -0.05) is 23.8 Å². The van der Waals surface area contributed by atoms with Crippen LogP contribution in [0.15, 0.2) is 18.2 Å². The number of ether oxygens (including phenoxy) is 1. The highest BCUT2D eigenvalue weighted by atomic mass is 16.5. The Morgan fingerprint density at radius 3 is 2.94 bits per heavy atom. The molecule has 2 heteroatoms. The quantitative estimate of drug-likeness (QED) is 0.867. The van der Waals surface area contributed by atoms with Crippen molar-refractivity contribution in [1.29, 1.82) is 0 Å². The molecule has 0 aromatic heterocycles.